The van der Waals surface area contributed by atoms with Gasteiger partial charge in [0.2, 0.25) is 0 Å². The first-order valence-corrected chi connectivity index (χ1v) is 21.1. The molecule has 1 N–H and O–H groups in total. The second-order valence-corrected chi connectivity index (χ2v) is 25.9. The van der Waals surface area contributed by atoms with Crippen molar-refractivity contribution in [2.75, 3.05) is 0 Å². The van der Waals surface area contributed by atoms with Crippen LogP contribution in [0.15, 0.2) is 11.6 Å². The van der Waals surface area contributed by atoms with Crippen molar-refractivity contribution in [1.29, 1.82) is 0 Å². The highest BCUT2D eigenvalue weighted by molar-refractivity contribution is 6.74. The fraction of sp³-hybridized carbons (Fsp3) is 0.900. The average molecular weight is 565 g/mol. The number of carbonyl (C=O) groups is 1. The molecule has 0 aromatic carbocycles. The molecule has 1 heterocycles. The Bertz CT molecular complexity index is 1050. The van der Waals surface area contributed by atoms with Crippen molar-refractivity contribution < 1.29 is 28.2 Å². The van der Waals surface area contributed by atoms with Crippen molar-refractivity contribution in [3.05, 3.63) is 11.6 Å². The molecule has 4 fully saturated rings. The maximum atomic E-state index is 13.0. The molecule has 5 aliphatic rings. The molecule has 5 rings (SSSR count). The number of aliphatic hydroxyl groups is 1. The van der Waals surface area contributed by atoms with Crippen molar-refractivity contribution >= 4 is 22.8 Å². The summed E-state index contributed by atoms with van der Waals surface area (Å²) >= 11 is 0. The molecule has 3 saturated carbocycles. The van der Waals surface area contributed by atoms with Crippen LogP contribution < -0.4 is 0 Å². The molecule has 6 nitrogen and oxygen atoms in total. The Hall–Kier alpha value is -0.676. The third-order valence-corrected chi connectivity index (χ3v) is 16.7. The lowest BCUT2D eigenvalue weighted by Gasteiger charge is -2.56. The Balaban J connectivity index is 1.82. The second kappa shape index (κ2) is 7.99. The highest BCUT2D eigenvalue weighted by atomic mass is 28.4. The van der Waals surface area contributed by atoms with Gasteiger partial charge in [0.15, 0.2) is 28.3 Å². The molecular weight excluding hydrogens is 512 g/mol. The minimum absolute atomic E-state index is 0.0272. The number of hydrogen-bond donors (Lipinski definition) is 1. The molecule has 0 aromatic rings. The number of ether oxygens (including phenoxy) is 2. The smallest absolute Gasteiger partial charge is 0.426 e. The van der Waals surface area contributed by atoms with Crippen molar-refractivity contribution in [2.45, 2.75) is 135 Å². The summed E-state index contributed by atoms with van der Waals surface area (Å²) in [4.78, 5) is 13.0. The standard InChI is InChI=1S/C30H52O6Si2/c1-17-14-19-21(27(19,6)7)22-23(35-38(12,13)26(3,4)5)18(2)24-29(34-25(31)33-24)16-28(8,32)15-20(29)30(17,22)36-37(9,10)11/h15,17-19,21-24,32H,14,16H2,1-13H3/t17-,18+,19?,21+,22?,23-,24?,28-,29?,30+/m1/s1. The van der Waals surface area contributed by atoms with E-state index in [4.69, 9.17) is 18.3 Å². The van der Waals surface area contributed by atoms with Crippen LogP contribution in [-0.2, 0) is 18.3 Å². The quantitative estimate of drug-likeness (QED) is 0.227. The molecule has 0 radical (unpaired) electrons. The highest BCUT2D eigenvalue weighted by Crippen LogP contribution is 2.76. The molecule has 4 unspecified atom stereocenters. The molecule has 0 bridgehead atoms. The molecule has 1 spiro atoms. The molecule has 0 aromatic heterocycles. The van der Waals surface area contributed by atoms with E-state index in [-0.39, 0.29) is 40.7 Å². The molecule has 8 heteroatoms. The lowest BCUT2D eigenvalue weighted by molar-refractivity contribution is -0.107. The monoisotopic (exact) mass is 564 g/mol. The van der Waals surface area contributed by atoms with Gasteiger partial charge in [-0.15, -0.1) is 0 Å². The van der Waals surface area contributed by atoms with Crippen LogP contribution in [0.5, 0.6) is 0 Å². The predicted octanol–water partition coefficient (Wildman–Crippen LogP) is 6.90. The first kappa shape index (κ1) is 28.8. The van der Waals surface area contributed by atoms with E-state index in [9.17, 15) is 9.90 Å². The fourth-order valence-electron chi connectivity index (χ4n) is 8.78. The van der Waals surface area contributed by atoms with E-state index in [1.54, 1.807) is 0 Å². The lowest BCUT2D eigenvalue weighted by Crippen LogP contribution is -2.62. The Kier molecular flexibility index (Phi) is 6.06. The number of hydrogen-bond acceptors (Lipinski definition) is 6. The average Bonchev–Trinajstić information content (AvgIpc) is 2.98. The maximum absolute atomic E-state index is 13.0. The molecule has 4 aliphatic carbocycles. The van der Waals surface area contributed by atoms with Crippen LogP contribution >= 0.6 is 0 Å². The van der Waals surface area contributed by atoms with Crippen molar-refractivity contribution in [3.63, 3.8) is 0 Å². The van der Waals surface area contributed by atoms with Crippen molar-refractivity contribution in [1.82, 2.24) is 0 Å². The fourth-order valence-corrected chi connectivity index (χ4v) is 11.6. The summed E-state index contributed by atoms with van der Waals surface area (Å²) in [6, 6.07) is 0. The van der Waals surface area contributed by atoms with Crippen LogP contribution in [0.3, 0.4) is 0 Å². The maximum Gasteiger partial charge on any atom is 0.509 e. The summed E-state index contributed by atoms with van der Waals surface area (Å²) in [6.07, 6.45) is 1.99. The zero-order valence-corrected chi connectivity index (χ0v) is 28.0. The summed E-state index contributed by atoms with van der Waals surface area (Å²) < 4.78 is 27.3. The van der Waals surface area contributed by atoms with Gasteiger partial charge in [0.25, 0.3) is 0 Å². The Morgan fingerprint density at radius 3 is 2.21 bits per heavy atom. The first-order valence-electron chi connectivity index (χ1n) is 14.7. The van der Waals surface area contributed by atoms with Gasteiger partial charge in [-0.1, -0.05) is 48.5 Å². The zero-order valence-electron chi connectivity index (χ0n) is 26.0. The van der Waals surface area contributed by atoms with Gasteiger partial charge in [0.05, 0.1) is 17.3 Å². The zero-order chi connectivity index (χ0) is 28.6. The largest absolute Gasteiger partial charge is 0.509 e. The third kappa shape index (κ3) is 3.90. The summed E-state index contributed by atoms with van der Waals surface area (Å²) in [5.41, 5.74) is -1.76. The number of rotatable bonds is 4. The van der Waals surface area contributed by atoms with Gasteiger partial charge in [-0.3, -0.25) is 0 Å². The van der Waals surface area contributed by atoms with Gasteiger partial charge >= 0.3 is 6.16 Å². The normalized spacial score (nSPS) is 47.6. The van der Waals surface area contributed by atoms with Crippen LogP contribution in [0, 0.1) is 35.0 Å². The van der Waals surface area contributed by atoms with E-state index < -0.39 is 45.7 Å². The summed E-state index contributed by atoms with van der Waals surface area (Å²) in [6.45, 7) is 29.4. The Morgan fingerprint density at radius 1 is 1.05 bits per heavy atom. The summed E-state index contributed by atoms with van der Waals surface area (Å²) in [5.74, 6) is 1.15. The first-order chi connectivity index (χ1) is 17.0. The number of carbonyl (C=O) groups excluding carboxylic acids is 1. The molecule has 216 valence electrons. The van der Waals surface area contributed by atoms with Crippen LogP contribution in [-0.4, -0.2) is 56.9 Å². The van der Waals surface area contributed by atoms with Gasteiger partial charge < -0.3 is 23.4 Å². The lowest BCUT2D eigenvalue weighted by atomic mass is 9.62. The summed E-state index contributed by atoms with van der Waals surface area (Å²) in [5, 5.41) is 11.6. The van der Waals surface area contributed by atoms with E-state index in [1.165, 1.54) is 0 Å². The highest BCUT2D eigenvalue weighted by Gasteiger charge is 2.79. The molecule has 38 heavy (non-hydrogen) atoms. The van der Waals surface area contributed by atoms with Gasteiger partial charge in [-0.2, -0.15) is 0 Å². The number of fused-ring (bicyclic) bond motifs is 4. The topological polar surface area (TPSA) is 74.2 Å². The predicted molar refractivity (Wildman–Crippen MR) is 154 cm³/mol. The minimum Gasteiger partial charge on any atom is -0.426 e. The molecule has 1 saturated heterocycles. The van der Waals surface area contributed by atoms with E-state index in [0.717, 1.165) is 12.0 Å². The Morgan fingerprint density at radius 2 is 1.66 bits per heavy atom. The van der Waals surface area contributed by atoms with E-state index in [0.29, 0.717) is 11.8 Å². The van der Waals surface area contributed by atoms with Crippen molar-refractivity contribution in [2.24, 2.45) is 35.0 Å². The van der Waals surface area contributed by atoms with Gasteiger partial charge in [-0.05, 0) is 80.4 Å². The van der Waals surface area contributed by atoms with E-state index in [2.05, 4.69) is 81.2 Å². The van der Waals surface area contributed by atoms with Crippen LogP contribution in [0.2, 0.25) is 37.8 Å². The molecule has 1 aliphatic heterocycles. The molecule has 10 atom stereocenters. The van der Waals surface area contributed by atoms with Crippen LogP contribution in [0.4, 0.5) is 4.79 Å². The Labute approximate surface area is 232 Å². The van der Waals surface area contributed by atoms with E-state index in [1.807, 2.05) is 13.0 Å². The van der Waals surface area contributed by atoms with Gasteiger partial charge in [0, 0.05) is 23.8 Å². The third-order valence-electron chi connectivity index (χ3n) is 11.3. The minimum atomic E-state index is -2.23. The van der Waals surface area contributed by atoms with Gasteiger partial charge in [-0.25, -0.2) is 4.79 Å². The molecular formula is C30H52O6Si2. The van der Waals surface area contributed by atoms with Crippen LogP contribution in [0.1, 0.15) is 68.2 Å². The van der Waals surface area contributed by atoms with E-state index >= 15 is 0 Å². The SMILES string of the molecule is C[C@@H]1C2OC(=O)OC23C[C@](C)(O)C=C3[C@]2(O[Si](C)(C)C)C([C@@H]3C(C[C@H]2C)C3(C)C)[C@@H]1O[Si](C)(C)C(C)(C)C. The summed E-state index contributed by atoms with van der Waals surface area (Å²) in [7, 11) is -4.38. The van der Waals surface area contributed by atoms with Crippen molar-refractivity contribution in [3.8, 4) is 0 Å². The second-order valence-electron chi connectivity index (χ2n) is 16.7. The molecule has 0 amide bonds. The van der Waals surface area contributed by atoms with Gasteiger partial charge in [0.1, 0.15) is 0 Å². The van der Waals surface area contributed by atoms with Crippen LogP contribution in [0.25, 0.3) is 0 Å².